The van der Waals surface area contributed by atoms with Crippen molar-refractivity contribution in [2.24, 2.45) is 5.92 Å². The van der Waals surface area contributed by atoms with Gasteiger partial charge < -0.3 is 14.4 Å². The molecule has 4 nitrogen and oxygen atoms in total. The lowest BCUT2D eigenvalue weighted by molar-refractivity contribution is 0.130. The van der Waals surface area contributed by atoms with Crippen LogP contribution in [0.4, 0.5) is 4.79 Å². The molecule has 0 aromatic heterocycles. The van der Waals surface area contributed by atoms with Crippen molar-refractivity contribution >= 4 is 6.09 Å². The monoisotopic (exact) mass is 273 g/mol. The molecular weight excluding hydrogens is 254 g/mol. The van der Waals surface area contributed by atoms with Crippen molar-refractivity contribution < 1.29 is 14.3 Å². The lowest BCUT2D eigenvalue weighted by Crippen LogP contribution is -2.40. The summed E-state index contributed by atoms with van der Waals surface area (Å²) in [5.41, 5.74) is 0. The van der Waals surface area contributed by atoms with E-state index in [1.165, 1.54) is 0 Å². The SMILES string of the molecule is C#CCC1CCN(C(=O)Oc2ccccc2OC)CC1. The molecule has 0 N–H and O–H groups in total. The molecule has 0 radical (unpaired) electrons. The number of hydrogen-bond donors (Lipinski definition) is 0. The second kappa shape index (κ2) is 6.85. The molecule has 0 atom stereocenters. The Morgan fingerprint density at radius 1 is 1.35 bits per heavy atom. The van der Waals surface area contributed by atoms with Gasteiger partial charge >= 0.3 is 6.09 Å². The number of amides is 1. The molecule has 2 rings (SSSR count). The fourth-order valence-electron chi connectivity index (χ4n) is 2.35. The summed E-state index contributed by atoms with van der Waals surface area (Å²) in [5, 5.41) is 0. The third-order valence-electron chi connectivity index (χ3n) is 3.55. The van der Waals surface area contributed by atoms with Crippen molar-refractivity contribution in [1.82, 2.24) is 4.90 Å². The number of piperidine rings is 1. The van der Waals surface area contributed by atoms with Crippen molar-refractivity contribution in [3.05, 3.63) is 24.3 Å². The minimum absolute atomic E-state index is 0.325. The molecular formula is C16H19NO3. The molecule has 1 aliphatic rings. The highest BCUT2D eigenvalue weighted by Gasteiger charge is 2.24. The van der Waals surface area contributed by atoms with Crippen molar-refractivity contribution in [2.75, 3.05) is 20.2 Å². The summed E-state index contributed by atoms with van der Waals surface area (Å²) in [4.78, 5) is 13.8. The molecule has 4 heteroatoms. The molecule has 0 spiro atoms. The Kier molecular flexibility index (Phi) is 4.89. The van der Waals surface area contributed by atoms with Crippen LogP contribution in [0.5, 0.6) is 11.5 Å². The van der Waals surface area contributed by atoms with Crippen molar-refractivity contribution in [3.8, 4) is 23.8 Å². The van der Waals surface area contributed by atoms with E-state index in [-0.39, 0.29) is 6.09 Å². The maximum atomic E-state index is 12.1. The predicted molar refractivity (Wildman–Crippen MR) is 76.8 cm³/mol. The zero-order valence-electron chi connectivity index (χ0n) is 11.7. The number of ether oxygens (including phenoxy) is 2. The first-order chi connectivity index (χ1) is 9.74. The minimum atomic E-state index is -0.325. The molecule has 0 unspecified atom stereocenters. The predicted octanol–water partition coefficient (Wildman–Crippen LogP) is 2.93. The number of para-hydroxylation sites is 2. The molecule has 1 aromatic carbocycles. The van der Waals surface area contributed by atoms with Crippen molar-refractivity contribution in [3.63, 3.8) is 0 Å². The largest absolute Gasteiger partial charge is 0.493 e. The van der Waals surface area contributed by atoms with Crippen LogP contribution in [0.3, 0.4) is 0 Å². The van der Waals surface area contributed by atoms with Gasteiger partial charge in [-0.15, -0.1) is 12.3 Å². The summed E-state index contributed by atoms with van der Waals surface area (Å²) in [6, 6.07) is 7.13. The van der Waals surface area contributed by atoms with E-state index in [0.717, 1.165) is 19.3 Å². The Labute approximate surface area is 119 Å². The van der Waals surface area contributed by atoms with Gasteiger partial charge in [-0.3, -0.25) is 0 Å². The van der Waals surface area contributed by atoms with Gasteiger partial charge in [0.05, 0.1) is 7.11 Å². The Bertz CT molecular complexity index is 499. The normalized spacial score (nSPS) is 15.5. The summed E-state index contributed by atoms with van der Waals surface area (Å²) in [6.07, 6.45) is 7.65. The van der Waals surface area contributed by atoms with Gasteiger partial charge in [0, 0.05) is 19.5 Å². The van der Waals surface area contributed by atoms with Crippen LogP contribution in [0.15, 0.2) is 24.3 Å². The summed E-state index contributed by atoms with van der Waals surface area (Å²) >= 11 is 0. The third-order valence-corrected chi connectivity index (χ3v) is 3.55. The molecule has 0 saturated carbocycles. The zero-order valence-corrected chi connectivity index (χ0v) is 11.7. The zero-order chi connectivity index (χ0) is 14.4. The molecule has 1 amide bonds. The highest BCUT2D eigenvalue weighted by Crippen LogP contribution is 2.27. The Morgan fingerprint density at radius 2 is 2.00 bits per heavy atom. The topological polar surface area (TPSA) is 38.8 Å². The van der Waals surface area contributed by atoms with Crippen LogP contribution >= 0.6 is 0 Å². The maximum Gasteiger partial charge on any atom is 0.415 e. The van der Waals surface area contributed by atoms with Gasteiger partial charge in [0.2, 0.25) is 0 Å². The smallest absolute Gasteiger partial charge is 0.415 e. The molecule has 1 saturated heterocycles. The highest BCUT2D eigenvalue weighted by molar-refractivity contribution is 5.71. The number of terminal acetylenes is 1. The molecule has 1 heterocycles. The fourth-order valence-corrected chi connectivity index (χ4v) is 2.35. The maximum absolute atomic E-state index is 12.1. The van der Waals surface area contributed by atoms with Gasteiger partial charge in [0.25, 0.3) is 0 Å². The fraction of sp³-hybridized carbons (Fsp3) is 0.438. The van der Waals surface area contributed by atoms with Crippen LogP contribution in [-0.2, 0) is 0 Å². The van der Waals surface area contributed by atoms with Gasteiger partial charge in [0.1, 0.15) is 0 Å². The van der Waals surface area contributed by atoms with Crippen LogP contribution in [-0.4, -0.2) is 31.2 Å². The van der Waals surface area contributed by atoms with Gasteiger partial charge in [-0.2, -0.15) is 0 Å². The molecule has 1 fully saturated rings. The molecule has 1 aliphatic heterocycles. The van der Waals surface area contributed by atoms with Gasteiger partial charge in [-0.1, -0.05) is 12.1 Å². The van der Waals surface area contributed by atoms with E-state index in [0.29, 0.717) is 30.5 Å². The average molecular weight is 273 g/mol. The first-order valence-electron chi connectivity index (χ1n) is 6.78. The lowest BCUT2D eigenvalue weighted by atomic mass is 9.94. The van der Waals surface area contributed by atoms with Gasteiger partial charge in [-0.05, 0) is 30.9 Å². The Hall–Kier alpha value is -2.15. The summed E-state index contributed by atoms with van der Waals surface area (Å²) in [5.74, 6) is 4.22. The van der Waals surface area contributed by atoms with E-state index in [4.69, 9.17) is 15.9 Å². The number of likely N-dealkylation sites (tertiary alicyclic amines) is 1. The van der Waals surface area contributed by atoms with Gasteiger partial charge in [-0.25, -0.2) is 4.79 Å². The average Bonchev–Trinajstić information content (AvgIpc) is 2.49. The number of nitrogens with zero attached hydrogens (tertiary/aromatic N) is 1. The lowest BCUT2D eigenvalue weighted by Gasteiger charge is -2.30. The van der Waals surface area contributed by atoms with Gasteiger partial charge in [0.15, 0.2) is 11.5 Å². The van der Waals surface area contributed by atoms with Crippen LogP contribution in [0.1, 0.15) is 19.3 Å². The number of methoxy groups -OCH3 is 1. The Morgan fingerprint density at radius 3 is 2.60 bits per heavy atom. The molecule has 1 aromatic rings. The summed E-state index contributed by atoms with van der Waals surface area (Å²) < 4.78 is 10.6. The van der Waals surface area contributed by atoms with E-state index in [9.17, 15) is 4.79 Å². The summed E-state index contributed by atoms with van der Waals surface area (Å²) in [6.45, 7) is 1.39. The number of hydrogen-bond acceptors (Lipinski definition) is 3. The van der Waals surface area contributed by atoms with E-state index in [1.54, 1.807) is 24.1 Å². The molecule has 0 bridgehead atoms. The van der Waals surface area contributed by atoms with Crippen molar-refractivity contribution in [2.45, 2.75) is 19.3 Å². The number of carbonyl (C=O) groups excluding carboxylic acids is 1. The number of rotatable bonds is 3. The van der Waals surface area contributed by atoms with Crippen molar-refractivity contribution in [1.29, 1.82) is 0 Å². The first kappa shape index (κ1) is 14.3. The third kappa shape index (κ3) is 3.45. The standard InChI is InChI=1S/C16H19NO3/c1-3-6-13-9-11-17(12-10-13)16(18)20-15-8-5-4-7-14(15)19-2/h1,4-5,7-8,13H,6,9-12H2,2H3. The van der Waals surface area contributed by atoms with Crippen LogP contribution < -0.4 is 9.47 Å². The van der Waals surface area contributed by atoms with E-state index < -0.39 is 0 Å². The van der Waals surface area contributed by atoms with E-state index >= 15 is 0 Å². The Balaban J connectivity index is 1.91. The van der Waals surface area contributed by atoms with E-state index in [1.807, 2.05) is 12.1 Å². The second-order valence-corrected chi connectivity index (χ2v) is 4.86. The molecule has 0 aliphatic carbocycles. The molecule has 106 valence electrons. The number of benzene rings is 1. The highest BCUT2D eigenvalue weighted by atomic mass is 16.6. The van der Waals surface area contributed by atoms with Crippen LogP contribution in [0, 0.1) is 18.3 Å². The molecule has 20 heavy (non-hydrogen) atoms. The quantitative estimate of drug-likeness (QED) is 0.795. The van der Waals surface area contributed by atoms with E-state index in [2.05, 4.69) is 5.92 Å². The number of carbonyl (C=O) groups is 1. The summed E-state index contributed by atoms with van der Waals surface area (Å²) in [7, 11) is 1.55. The second-order valence-electron chi connectivity index (χ2n) is 4.86. The minimum Gasteiger partial charge on any atom is -0.493 e. The first-order valence-corrected chi connectivity index (χ1v) is 6.78. The van der Waals surface area contributed by atoms with Crippen LogP contribution in [0.2, 0.25) is 0 Å². The van der Waals surface area contributed by atoms with Crippen LogP contribution in [0.25, 0.3) is 0 Å².